The van der Waals surface area contributed by atoms with E-state index in [1.54, 1.807) is 16.8 Å². The summed E-state index contributed by atoms with van der Waals surface area (Å²) >= 11 is 0. The van der Waals surface area contributed by atoms with E-state index in [0.29, 0.717) is 0 Å². The van der Waals surface area contributed by atoms with Crippen LogP contribution in [0.4, 0.5) is 0 Å². The first kappa shape index (κ1) is 9.28. The lowest BCUT2D eigenvalue weighted by Gasteiger charge is -1.99. The van der Waals surface area contributed by atoms with Crippen molar-refractivity contribution in [2.24, 2.45) is 7.05 Å². The van der Waals surface area contributed by atoms with Crippen molar-refractivity contribution in [3.8, 4) is 23.1 Å². The minimum atomic E-state index is -0.00261. The summed E-state index contributed by atoms with van der Waals surface area (Å²) in [6, 6.07) is 8.64. The van der Waals surface area contributed by atoms with Gasteiger partial charge in [-0.3, -0.25) is 4.68 Å². The second-order valence-corrected chi connectivity index (χ2v) is 3.22. The van der Waals surface area contributed by atoms with E-state index in [9.17, 15) is 5.11 Å². The molecule has 0 aliphatic heterocycles. The lowest BCUT2D eigenvalue weighted by molar-refractivity contribution is 0.473. The molecule has 2 rings (SSSR count). The van der Waals surface area contributed by atoms with Gasteiger partial charge in [0.1, 0.15) is 11.8 Å². The monoisotopic (exact) mass is 199 g/mol. The number of aryl methyl sites for hydroxylation is 1. The van der Waals surface area contributed by atoms with Crippen LogP contribution in [0.5, 0.6) is 5.75 Å². The number of rotatable bonds is 1. The third-order valence-corrected chi connectivity index (χ3v) is 2.13. The summed E-state index contributed by atoms with van der Waals surface area (Å²) in [5, 5.41) is 22.3. The van der Waals surface area contributed by atoms with Crippen LogP contribution in [0.25, 0.3) is 11.3 Å². The van der Waals surface area contributed by atoms with Crippen molar-refractivity contribution in [1.82, 2.24) is 9.78 Å². The largest absolute Gasteiger partial charge is 0.507 e. The number of nitrogens with zero attached hydrogens (tertiary/aromatic N) is 3. The molecule has 0 spiro atoms. The van der Waals surface area contributed by atoms with Crippen molar-refractivity contribution in [3.05, 3.63) is 36.0 Å². The van der Waals surface area contributed by atoms with Gasteiger partial charge in [0.15, 0.2) is 0 Å². The van der Waals surface area contributed by atoms with Gasteiger partial charge in [-0.25, -0.2) is 0 Å². The molecule has 4 nitrogen and oxygen atoms in total. The summed E-state index contributed by atoms with van der Waals surface area (Å²) in [6.45, 7) is 0. The van der Waals surface area contributed by atoms with E-state index in [-0.39, 0.29) is 11.3 Å². The fourth-order valence-electron chi connectivity index (χ4n) is 1.35. The average Bonchev–Trinajstić information content (AvgIpc) is 2.66. The molecular formula is C11H9N3O. The van der Waals surface area contributed by atoms with Crippen molar-refractivity contribution in [1.29, 1.82) is 5.26 Å². The fraction of sp³-hybridized carbons (Fsp3) is 0.0909. The van der Waals surface area contributed by atoms with Gasteiger partial charge in [0.2, 0.25) is 0 Å². The van der Waals surface area contributed by atoms with E-state index in [1.807, 2.05) is 25.4 Å². The molecule has 0 amide bonds. The Morgan fingerprint density at radius 2 is 2.20 bits per heavy atom. The molecule has 0 saturated heterocycles. The van der Waals surface area contributed by atoms with Crippen LogP contribution < -0.4 is 0 Å². The van der Waals surface area contributed by atoms with Crippen LogP contribution in [0.1, 0.15) is 5.56 Å². The molecule has 15 heavy (non-hydrogen) atoms. The molecule has 2 aromatic rings. The number of hydrogen-bond donors (Lipinski definition) is 1. The van der Waals surface area contributed by atoms with Crippen molar-refractivity contribution in [3.63, 3.8) is 0 Å². The standard InChI is InChI=1S/C11H9N3O/c1-14-5-4-10(13-14)8-2-3-11(15)9(6-8)7-12/h2-6,15H,1H3. The van der Waals surface area contributed by atoms with Gasteiger partial charge in [-0.15, -0.1) is 0 Å². The SMILES string of the molecule is Cn1ccc(-c2ccc(O)c(C#N)c2)n1. The average molecular weight is 199 g/mol. The zero-order valence-corrected chi connectivity index (χ0v) is 8.18. The Kier molecular flexibility index (Phi) is 2.14. The van der Waals surface area contributed by atoms with E-state index < -0.39 is 0 Å². The van der Waals surface area contributed by atoms with Crippen LogP contribution in [0.2, 0.25) is 0 Å². The van der Waals surface area contributed by atoms with Gasteiger partial charge >= 0.3 is 0 Å². The summed E-state index contributed by atoms with van der Waals surface area (Å²) in [6.07, 6.45) is 1.83. The molecule has 1 N–H and O–H groups in total. The van der Waals surface area contributed by atoms with E-state index in [4.69, 9.17) is 5.26 Å². The lowest BCUT2D eigenvalue weighted by Crippen LogP contribution is -1.88. The van der Waals surface area contributed by atoms with Gasteiger partial charge in [0, 0.05) is 18.8 Å². The summed E-state index contributed by atoms with van der Waals surface area (Å²) in [5.74, 6) is -0.00261. The number of aromatic nitrogens is 2. The predicted octanol–water partition coefficient (Wildman–Crippen LogP) is 1.66. The molecule has 0 fully saturated rings. The minimum absolute atomic E-state index is 0.00261. The second-order valence-electron chi connectivity index (χ2n) is 3.22. The van der Waals surface area contributed by atoms with Gasteiger partial charge in [-0.05, 0) is 24.3 Å². The molecule has 1 aromatic carbocycles. The summed E-state index contributed by atoms with van der Waals surface area (Å²) < 4.78 is 1.69. The van der Waals surface area contributed by atoms with E-state index in [0.717, 1.165) is 11.3 Å². The second kappa shape index (κ2) is 3.46. The van der Waals surface area contributed by atoms with Crippen molar-refractivity contribution >= 4 is 0 Å². The molecular weight excluding hydrogens is 190 g/mol. The van der Waals surface area contributed by atoms with Crippen molar-refractivity contribution in [2.75, 3.05) is 0 Å². The summed E-state index contributed by atoms with van der Waals surface area (Å²) in [5.41, 5.74) is 1.87. The van der Waals surface area contributed by atoms with Gasteiger partial charge < -0.3 is 5.11 Å². The number of phenols is 1. The highest BCUT2D eigenvalue weighted by Gasteiger charge is 2.05. The van der Waals surface area contributed by atoms with Crippen molar-refractivity contribution < 1.29 is 5.11 Å². The van der Waals surface area contributed by atoms with Crippen LogP contribution >= 0.6 is 0 Å². The molecule has 1 aromatic heterocycles. The van der Waals surface area contributed by atoms with Gasteiger partial charge in [0.05, 0.1) is 11.3 Å². The smallest absolute Gasteiger partial charge is 0.133 e. The van der Waals surface area contributed by atoms with Crippen LogP contribution in [0.15, 0.2) is 30.5 Å². The Bertz CT molecular complexity index is 537. The normalized spacial score (nSPS) is 9.87. The topological polar surface area (TPSA) is 61.8 Å². The van der Waals surface area contributed by atoms with E-state index in [1.165, 1.54) is 6.07 Å². The lowest BCUT2D eigenvalue weighted by atomic mass is 10.1. The maximum absolute atomic E-state index is 9.34. The predicted molar refractivity (Wildman–Crippen MR) is 55.0 cm³/mol. The highest BCUT2D eigenvalue weighted by molar-refractivity contribution is 5.63. The van der Waals surface area contributed by atoms with Crippen LogP contribution in [0, 0.1) is 11.3 Å². The zero-order chi connectivity index (χ0) is 10.8. The number of benzene rings is 1. The number of phenolic OH excluding ortho intramolecular Hbond substituents is 1. The highest BCUT2D eigenvalue weighted by atomic mass is 16.3. The molecule has 74 valence electrons. The van der Waals surface area contributed by atoms with Crippen LogP contribution in [-0.4, -0.2) is 14.9 Å². The van der Waals surface area contributed by atoms with Gasteiger partial charge in [-0.1, -0.05) is 0 Å². The highest BCUT2D eigenvalue weighted by Crippen LogP contribution is 2.23. The third-order valence-electron chi connectivity index (χ3n) is 2.13. The number of aromatic hydroxyl groups is 1. The van der Waals surface area contributed by atoms with Gasteiger partial charge in [-0.2, -0.15) is 10.4 Å². The molecule has 0 aliphatic rings. The van der Waals surface area contributed by atoms with E-state index >= 15 is 0 Å². The maximum atomic E-state index is 9.34. The Labute approximate surface area is 87.0 Å². The minimum Gasteiger partial charge on any atom is -0.507 e. The zero-order valence-electron chi connectivity index (χ0n) is 8.18. The Morgan fingerprint density at radius 3 is 2.80 bits per heavy atom. The maximum Gasteiger partial charge on any atom is 0.133 e. The molecule has 4 heteroatoms. The first-order valence-corrected chi connectivity index (χ1v) is 4.44. The van der Waals surface area contributed by atoms with Crippen LogP contribution in [0.3, 0.4) is 0 Å². The molecule has 0 bridgehead atoms. The molecule has 0 radical (unpaired) electrons. The Hall–Kier alpha value is -2.28. The Morgan fingerprint density at radius 1 is 1.40 bits per heavy atom. The molecule has 0 unspecified atom stereocenters. The molecule has 0 saturated carbocycles. The van der Waals surface area contributed by atoms with E-state index in [2.05, 4.69) is 5.10 Å². The number of nitriles is 1. The first-order chi connectivity index (χ1) is 7.20. The molecule has 0 atom stereocenters. The van der Waals surface area contributed by atoms with Crippen LogP contribution in [-0.2, 0) is 7.05 Å². The summed E-state index contributed by atoms with van der Waals surface area (Å²) in [4.78, 5) is 0. The van der Waals surface area contributed by atoms with Crippen molar-refractivity contribution in [2.45, 2.75) is 0 Å². The summed E-state index contributed by atoms with van der Waals surface area (Å²) in [7, 11) is 1.83. The molecule has 1 heterocycles. The third kappa shape index (κ3) is 1.67. The molecule has 0 aliphatic carbocycles. The quantitative estimate of drug-likeness (QED) is 0.759. The number of hydrogen-bond acceptors (Lipinski definition) is 3. The first-order valence-electron chi connectivity index (χ1n) is 4.44. The van der Waals surface area contributed by atoms with Gasteiger partial charge in [0.25, 0.3) is 0 Å². The fourth-order valence-corrected chi connectivity index (χ4v) is 1.35. The Balaban J connectivity index is 2.51.